The number of rotatable bonds is 8. The van der Waals surface area contributed by atoms with Crippen LogP contribution in [-0.2, 0) is 21.7 Å². The first-order valence-electron chi connectivity index (χ1n) is 35.8. The number of benzene rings is 13. The van der Waals surface area contributed by atoms with Crippen LogP contribution in [0.5, 0.6) is 11.5 Å². The zero-order valence-corrected chi connectivity index (χ0v) is 55.2. The Kier molecular flexibility index (Phi) is 12.1. The van der Waals surface area contributed by atoms with Gasteiger partial charge in [0.25, 0.3) is 6.71 Å². The van der Waals surface area contributed by atoms with Gasteiger partial charge in [-0.1, -0.05) is 293 Å². The van der Waals surface area contributed by atoms with Crippen LogP contribution < -0.4 is 26.0 Å². The molecule has 0 unspecified atom stereocenters. The summed E-state index contributed by atoms with van der Waals surface area (Å²) in [6.07, 6.45) is 0. The molecule has 1 aromatic heterocycles. The molecule has 14 aromatic rings. The SMILES string of the molecule is [2H]c1c([2H])c([2H])c(-c2ccc3c(c2)Oc2cc(-n4c5ccc(C(C)(C)C)cc5c5cc(C(C)(C)C)ccc54)cc4c2B3c2ccc(-c3cccc5c3C(c3ccccc3)(c3ccccc3)c3ccccc3-5)cc2N4c2c(-c3ccccc3)cc(C(C)(C)C)cc2-c2ccccc2)c([2H])c1[2H]. The summed E-state index contributed by atoms with van der Waals surface area (Å²) >= 11 is 0. The van der Waals surface area contributed by atoms with Crippen LogP contribution in [-0.4, -0.2) is 11.3 Å². The molecule has 0 radical (unpaired) electrons. The molecule has 0 N–H and O–H groups in total. The Morgan fingerprint density at radius 1 is 0.379 bits per heavy atom. The summed E-state index contributed by atoms with van der Waals surface area (Å²) in [4.78, 5) is 2.58. The third-order valence-corrected chi connectivity index (χ3v) is 20.5. The molecule has 2 aliphatic heterocycles. The lowest BCUT2D eigenvalue weighted by Crippen LogP contribution is -2.59. The molecule has 0 amide bonds. The number of hydrogen-bond donors (Lipinski definition) is 0. The molecular formula is C91H75BN2O. The Morgan fingerprint density at radius 2 is 0.905 bits per heavy atom. The maximum atomic E-state index is 9.26. The number of aromatic nitrogens is 1. The largest absolute Gasteiger partial charge is 0.458 e. The Hall–Kier alpha value is -10.7. The van der Waals surface area contributed by atoms with E-state index in [4.69, 9.17) is 8.85 Å². The van der Waals surface area contributed by atoms with Gasteiger partial charge in [0.05, 0.1) is 34.7 Å². The molecule has 95 heavy (non-hydrogen) atoms. The van der Waals surface area contributed by atoms with E-state index in [1.807, 2.05) is 12.1 Å². The van der Waals surface area contributed by atoms with Gasteiger partial charge in [0.15, 0.2) is 0 Å². The normalized spacial score (nSPS) is 14.4. The van der Waals surface area contributed by atoms with Crippen molar-refractivity contribution in [3.8, 4) is 72.8 Å². The van der Waals surface area contributed by atoms with Gasteiger partial charge in [-0.05, 0) is 171 Å². The molecule has 4 heteroatoms. The number of nitrogens with zero attached hydrogens (tertiary/aromatic N) is 2. The number of fused-ring (bicyclic) bond motifs is 10. The summed E-state index contributed by atoms with van der Waals surface area (Å²) in [5, 5.41) is 2.32. The minimum absolute atomic E-state index is 0.118. The second-order valence-electron chi connectivity index (χ2n) is 29.2. The smallest absolute Gasteiger partial charge is 0.256 e. The molecule has 3 aliphatic rings. The van der Waals surface area contributed by atoms with Crippen LogP contribution >= 0.6 is 0 Å². The van der Waals surface area contributed by atoms with Crippen molar-refractivity contribution >= 4 is 62.0 Å². The second-order valence-corrected chi connectivity index (χ2v) is 29.2. The van der Waals surface area contributed by atoms with E-state index in [1.165, 1.54) is 50.1 Å². The van der Waals surface area contributed by atoms with Crippen molar-refractivity contribution in [2.24, 2.45) is 0 Å². The van der Waals surface area contributed by atoms with Gasteiger partial charge in [0.2, 0.25) is 0 Å². The monoisotopic (exact) mass is 1230 g/mol. The number of hydrogen-bond acceptors (Lipinski definition) is 2. The van der Waals surface area contributed by atoms with E-state index in [9.17, 15) is 2.74 Å². The molecule has 0 saturated carbocycles. The van der Waals surface area contributed by atoms with E-state index in [2.05, 4.69) is 321 Å². The van der Waals surface area contributed by atoms with E-state index in [0.717, 1.165) is 94.3 Å². The zero-order valence-electron chi connectivity index (χ0n) is 60.2. The van der Waals surface area contributed by atoms with Crippen molar-refractivity contribution in [3.63, 3.8) is 0 Å². The van der Waals surface area contributed by atoms with Gasteiger partial charge < -0.3 is 14.2 Å². The van der Waals surface area contributed by atoms with Crippen molar-refractivity contribution in [1.82, 2.24) is 4.57 Å². The molecule has 0 atom stereocenters. The summed E-state index contributed by atoms with van der Waals surface area (Å²) in [6, 6.07) is 94.4. The summed E-state index contributed by atoms with van der Waals surface area (Å²) in [7, 11) is 0. The van der Waals surface area contributed by atoms with E-state index >= 15 is 0 Å². The van der Waals surface area contributed by atoms with Crippen LogP contribution in [0.3, 0.4) is 0 Å². The third-order valence-electron chi connectivity index (χ3n) is 20.5. The van der Waals surface area contributed by atoms with Crippen molar-refractivity contribution in [2.45, 2.75) is 84.0 Å². The van der Waals surface area contributed by atoms with Crippen LogP contribution in [0.15, 0.2) is 291 Å². The van der Waals surface area contributed by atoms with Crippen molar-refractivity contribution in [1.29, 1.82) is 0 Å². The summed E-state index contributed by atoms with van der Waals surface area (Å²) in [6.45, 7) is 20.2. The summed E-state index contributed by atoms with van der Waals surface area (Å²) in [5.41, 5.74) is 25.7. The third kappa shape index (κ3) is 9.23. The minimum Gasteiger partial charge on any atom is -0.458 e. The van der Waals surface area contributed by atoms with Gasteiger partial charge in [-0.15, -0.1) is 0 Å². The first kappa shape index (κ1) is 52.8. The quantitative estimate of drug-likeness (QED) is 0.141. The standard InChI is InChI=1S/C91H75BN2O/c1-88(2,3)65-44-48-79-74(52-65)75-53-66(89(4,5)6)45-49-80(75)93(79)68-56-82-86-84(57-68)95-83-51-61(58-28-15-10-16-29-58)42-47-78(83)92(86)77-46-43-62(50-81(77)94(82)87-72(59-30-17-11-18-31-59)54-67(90(7,8)9)55-73(87)60-32-19-12-20-33-60)69-39-27-40-71-70-38-25-26-41-76(70)91(85(69)71,63-34-21-13-22-35-63)64-36-23-14-24-37-64/h10-57H,1-9H3/i10D,15D,16D,28D,29D. The van der Waals surface area contributed by atoms with Gasteiger partial charge in [-0.25, -0.2) is 0 Å². The molecule has 13 aromatic carbocycles. The first-order valence-corrected chi connectivity index (χ1v) is 33.3. The highest BCUT2D eigenvalue weighted by Gasteiger charge is 2.49. The fourth-order valence-electron chi connectivity index (χ4n) is 15.8. The molecule has 0 fully saturated rings. The summed E-state index contributed by atoms with van der Waals surface area (Å²) < 4.78 is 54.8. The molecule has 0 saturated heterocycles. The summed E-state index contributed by atoms with van der Waals surface area (Å²) in [5.74, 6) is 1.19. The maximum absolute atomic E-state index is 9.26. The van der Waals surface area contributed by atoms with Gasteiger partial charge in [-0.2, -0.15) is 0 Å². The molecule has 3 heterocycles. The van der Waals surface area contributed by atoms with Crippen LogP contribution in [0.1, 0.15) is 108 Å². The fraction of sp³-hybridized carbons (Fsp3) is 0.143. The van der Waals surface area contributed by atoms with E-state index < -0.39 is 18.2 Å². The van der Waals surface area contributed by atoms with Crippen LogP contribution in [0.2, 0.25) is 0 Å². The predicted octanol–water partition coefficient (Wildman–Crippen LogP) is 22.1. The maximum Gasteiger partial charge on any atom is 0.256 e. The molecule has 17 rings (SSSR count). The lowest BCUT2D eigenvalue weighted by molar-refractivity contribution is 0.487. The number of ether oxygens (including phenoxy) is 1. The highest BCUT2D eigenvalue weighted by molar-refractivity contribution is 6.99. The topological polar surface area (TPSA) is 17.4 Å². The van der Waals surface area contributed by atoms with Crippen molar-refractivity contribution in [3.05, 3.63) is 330 Å². The minimum atomic E-state index is -0.706. The second kappa shape index (κ2) is 21.7. The van der Waals surface area contributed by atoms with Gasteiger partial charge in [0.1, 0.15) is 11.5 Å². The van der Waals surface area contributed by atoms with E-state index in [1.54, 1.807) is 0 Å². The number of anilines is 3. The Morgan fingerprint density at radius 3 is 1.49 bits per heavy atom. The van der Waals surface area contributed by atoms with Gasteiger partial charge >= 0.3 is 0 Å². The highest BCUT2D eigenvalue weighted by Crippen LogP contribution is 2.60. The molecular weight excluding hydrogens is 1150 g/mol. The van der Waals surface area contributed by atoms with Crippen LogP contribution in [0.4, 0.5) is 17.1 Å². The molecule has 0 bridgehead atoms. The van der Waals surface area contributed by atoms with Crippen LogP contribution in [0, 0.1) is 0 Å². The average molecular weight is 1230 g/mol. The molecule has 3 nitrogen and oxygen atoms in total. The Labute approximate surface area is 566 Å². The predicted molar refractivity (Wildman–Crippen MR) is 402 cm³/mol. The lowest BCUT2D eigenvalue weighted by Gasteiger charge is -2.42. The van der Waals surface area contributed by atoms with Crippen molar-refractivity contribution < 1.29 is 11.6 Å². The molecule has 458 valence electrons. The highest BCUT2D eigenvalue weighted by atomic mass is 16.5. The molecule has 0 spiro atoms. The van der Waals surface area contributed by atoms with Gasteiger partial charge in [0, 0.05) is 39.3 Å². The Balaban J connectivity index is 1.03. The molecule has 1 aliphatic carbocycles. The van der Waals surface area contributed by atoms with Gasteiger partial charge in [-0.3, -0.25) is 0 Å². The Bertz CT molecular complexity index is 5510. The fourth-order valence-corrected chi connectivity index (χ4v) is 15.8. The van der Waals surface area contributed by atoms with E-state index in [0.29, 0.717) is 17.1 Å². The first-order chi connectivity index (χ1) is 48.1. The zero-order chi connectivity index (χ0) is 69.1. The van der Waals surface area contributed by atoms with E-state index in [-0.39, 0.29) is 46.0 Å². The average Bonchev–Trinajstić information content (AvgIpc) is 1.41. The lowest BCUT2D eigenvalue weighted by atomic mass is 9.34. The van der Waals surface area contributed by atoms with Crippen LogP contribution in [0.25, 0.3) is 83.1 Å². The van der Waals surface area contributed by atoms with Crippen molar-refractivity contribution in [2.75, 3.05) is 4.90 Å².